The summed E-state index contributed by atoms with van der Waals surface area (Å²) in [6.45, 7) is 5.42. The van der Waals surface area contributed by atoms with Crippen molar-refractivity contribution in [2.45, 2.75) is 37.5 Å². The second-order valence-electron chi connectivity index (χ2n) is 8.54. The lowest BCUT2D eigenvalue weighted by Crippen LogP contribution is -2.37. The van der Waals surface area contributed by atoms with Crippen molar-refractivity contribution >= 4 is 27.3 Å². The number of hydrogen-bond acceptors (Lipinski definition) is 6. The first-order chi connectivity index (χ1) is 16.5. The zero-order chi connectivity index (χ0) is 24.0. The number of carbonyl (C=O) groups is 1. The van der Waals surface area contributed by atoms with Gasteiger partial charge in [-0.1, -0.05) is 31.5 Å². The lowest BCUT2D eigenvalue weighted by Gasteiger charge is -2.31. The van der Waals surface area contributed by atoms with Crippen molar-refractivity contribution in [2.75, 3.05) is 56.2 Å². The van der Waals surface area contributed by atoms with E-state index in [1.807, 2.05) is 31.2 Å². The number of benzene rings is 2. The summed E-state index contributed by atoms with van der Waals surface area (Å²) < 4.78 is 39.3. The average molecular weight is 488 g/mol. The Hall–Kier alpha value is -2.62. The van der Waals surface area contributed by atoms with E-state index in [1.54, 1.807) is 18.2 Å². The molecule has 2 fully saturated rings. The maximum atomic E-state index is 13.2. The minimum atomic E-state index is -3.62. The molecule has 0 atom stereocenters. The number of aryl methyl sites for hydroxylation is 1. The molecule has 0 aliphatic carbocycles. The van der Waals surface area contributed by atoms with E-state index in [2.05, 4.69) is 10.2 Å². The van der Waals surface area contributed by atoms with Crippen LogP contribution in [-0.2, 0) is 26.0 Å². The molecule has 184 valence electrons. The lowest BCUT2D eigenvalue weighted by atomic mass is 10.1. The van der Waals surface area contributed by atoms with Crippen molar-refractivity contribution < 1.29 is 22.7 Å². The van der Waals surface area contributed by atoms with Gasteiger partial charge in [-0.25, -0.2) is 8.42 Å². The molecule has 2 aromatic rings. The summed E-state index contributed by atoms with van der Waals surface area (Å²) in [6.07, 6.45) is 3.58. The normalized spacial score (nSPS) is 17.4. The minimum Gasteiger partial charge on any atom is -0.483 e. The quantitative estimate of drug-likeness (QED) is 0.615. The number of para-hydroxylation sites is 1. The Morgan fingerprint density at radius 2 is 1.76 bits per heavy atom. The average Bonchev–Trinajstić information content (AvgIpc) is 2.88. The van der Waals surface area contributed by atoms with Crippen molar-refractivity contribution in [1.82, 2.24) is 4.31 Å². The van der Waals surface area contributed by atoms with Crippen molar-refractivity contribution in [2.24, 2.45) is 0 Å². The van der Waals surface area contributed by atoms with Crippen molar-refractivity contribution in [3.05, 3.63) is 48.0 Å². The highest BCUT2D eigenvalue weighted by Crippen LogP contribution is 2.31. The topological polar surface area (TPSA) is 88.2 Å². The minimum absolute atomic E-state index is 0.164. The molecule has 34 heavy (non-hydrogen) atoms. The van der Waals surface area contributed by atoms with E-state index in [0.29, 0.717) is 50.8 Å². The summed E-state index contributed by atoms with van der Waals surface area (Å²) in [4.78, 5) is 15.1. The third kappa shape index (κ3) is 5.71. The zero-order valence-corrected chi connectivity index (χ0v) is 20.5. The number of nitrogens with zero attached hydrogens (tertiary/aromatic N) is 2. The molecule has 0 saturated carbocycles. The van der Waals surface area contributed by atoms with Gasteiger partial charge in [-0.3, -0.25) is 4.79 Å². The molecule has 0 unspecified atom stereocenters. The lowest BCUT2D eigenvalue weighted by molar-refractivity contribution is -0.118. The van der Waals surface area contributed by atoms with Gasteiger partial charge in [-0.2, -0.15) is 4.31 Å². The van der Waals surface area contributed by atoms with Crippen LogP contribution in [0.15, 0.2) is 47.4 Å². The maximum Gasteiger partial charge on any atom is 0.262 e. The number of morpholine rings is 1. The number of hydrogen-bond donors (Lipinski definition) is 1. The first-order valence-electron chi connectivity index (χ1n) is 12.0. The van der Waals surface area contributed by atoms with E-state index in [1.165, 1.54) is 4.31 Å². The van der Waals surface area contributed by atoms with Gasteiger partial charge in [0.25, 0.3) is 5.91 Å². The molecule has 2 saturated heterocycles. The van der Waals surface area contributed by atoms with Crippen LogP contribution in [0, 0.1) is 0 Å². The van der Waals surface area contributed by atoms with Crippen LogP contribution in [0.3, 0.4) is 0 Å². The molecule has 2 aliphatic heterocycles. The first-order valence-corrected chi connectivity index (χ1v) is 13.4. The summed E-state index contributed by atoms with van der Waals surface area (Å²) in [5.41, 5.74) is 2.28. The standard InChI is InChI=1S/C25H33N3O5S/c1-2-20-8-4-5-9-24(20)33-19-25(29)26-22-18-21(34(30,31)28-12-6-3-7-13-28)10-11-23(22)27-14-16-32-17-15-27/h4-5,8-11,18H,2-3,6-7,12-17,19H2,1H3,(H,26,29). The monoisotopic (exact) mass is 487 g/mol. The van der Waals surface area contributed by atoms with Gasteiger partial charge in [0.15, 0.2) is 6.61 Å². The van der Waals surface area contributed by atoms with Crippen LogP contribution in [0.4, 0.5) is 11.4 Å². The van der Waals surface area contributed by atoms with Crippen molar-refractivity contribution in [3.63, 3.8) is 0 Å². The molecule has 0 bridgehead atoms. The number of anilines is 2. The Kier molecular flexibility index (Phi) is 8.07. The molecule has 1 amide bonds. The van der Waals surface area contributed by atoms with Gasteiger partial charge >= 0.3 is 0 Å². The molecular weight excluding hydrogens is 454 g/mol. The number of amides is 1. The van der Waals surface area contributed by atoms with E-state index in [9.17, 15) is 13.2 Å². The van der Waals surface area contributed by atoms with E-state index in [-0.39, 0.29) is 17.4 Å². The molecule has 1 N–H and O–H groups in total. The highest BCUT2D eigenvalue weighted by molar-refractivity contribution is 7.89. The van der Waals surface area contributed by atoms with E-state index < -0.39 is 10.0 Å². The first kappa shape index (κ1) is 24.5. The Labute approximate surface area is 201 Å². The van der Waals surface area contributed by atoms with Crippen LogP contribution in [-0.4, -0.2) is 64.6 Å². The number of nitrogens with one attached hydrogen (secondary N) is 1. The molecule has 2 aromatic carbocycles. The number of rotatable bonds is 8. The Morgan fingerprint density at radius 3 is 2.50 bits per heavy atom. The summed E-state index contributed by atoms with van der Waals surface area (Å²) >= 11 is 0. The fourth-order valence-corrected chi connectivity index (χ4v) is 5.92. The Balaban J connectivity index is 1.56. The SMILES string of the molecule is CCc1ccccc1OCC(=O)Nc1cc(S(=O)(=O)N2CCCCC2)ccc1N1CCOCC1. The summed E-state index contributed by atoms with van der Waals surface area (Å²) in [5, 5.41) is 2.90. The summed E-state index contributed by atoms with van der Waals surface area (Å²) in [6, 6.07) is 12.6. The molecule has 2 heterocycles. The van der Waals surface area contributed by atoms with Crippen molar-refractivity contribution in [1.29, 1.82) is 0 Å². The highest BCUT2D eigenvalue weighted by Gasteiger charge is 2.27. The largest absolute Gasteiger partial charge is 0.483 e. The fraction of sp³-hybridized carbons (Fsp3) is 0.480. The van der Waals surface area contributed by atoms with Gasteiger partial charge in [0, 0.05) is 26.2 Å². The second-order valence-corrected chi connectivity index (χ2v) is 10.5. The Bertz CT molecular complexity index is 1090. The molecule has 8 nitrogen and oxygen atoms in total. The molecule has 0 radical (unpaired) electrons. The summed E-state index contributed by atoms with van der Waals surface area (Å²) in [5.74, 6) is 0.336. The molecule has 0 spiro atoms. The summed E-state index contributed by atoms with van der Waals surface area (Å²) in [7, 11) is -3.62. The van der Waals surface area contributed by atoms with Crippen LogP contribution in [0.25, 0.3) is 0 Å². The van der Waals surface area contributed by atoms with Gasteiger partial charge in [0.2, 0.25) is 10.0 Å². The van der Waals surface area contributed by atoms with Gasteiger partial charge in [-0.15, -0.1) is 0 Å². The highest BCUT2D eigenvalue weighted by atomic mass is 32.2. The number of piperidine rings is 1. The third-order valence-corrected chi connectivity index (χ3v) is 8.15. The Morgan fingerprint density at radius 1 is 1.03 bits per heavy atom. The van der Waals surface area contributed by atoms with Crippen LogP contribution >= 0.6 is 0 Å². The predicted octanol–water partition coefficient (Wildman–Crippen LogP) is 3.28. The zero-order valence-electron chi connectivity index (χ0n) is 19.7. The molecule has 2 aliphatic rings. The smallest absolute Gasteiger partial charge is 0.262 e. The van der Waals surface area contributed by atoms with Crippen LogP contribution in [0.2, 0.25) is 0 Å². The van der Waals surface area contributed by atoms with Crippen LogP contribution < -0.4 is 15.0 Å². The van der Waals surface area contributed by atoms with Gasteiger partial charge in [-0.05, 0) is 49.1 Å². The maximum absolute atomic E-state index is 13.2. The van der Waals surface area contributed by atoms with Crippen LogP contribution in [0.5, 0.6) is 5.75 Å². The van der Waals surface area contributed by atoms with E-state index >= 15 is 0 Å². The molecule has 0 aromatic heterocycles. The number of sulfonamides is 1. The van der Waals surface area contributed by atoms with Gasteiger partial charge in [0.05, 0.1) is 29.5 Å². The number of ether oxygens (including phenoxy) is 2. The third-order valence-electron chi connectivity index (χ3n) is 6.26. The second kappa shape index (κ2) is 11.2. The molecular formula is C25H33N3O5S. The van der Waals surface area contributed by atoms with Gasteiger partial charge < -0.3 is 19.7 Å². The van der Waals surface area contributed by atoms with Crippen molar-refractivity contribution in [3.8, 4) is 5.75 Å². The van der Waals surface area contributed by atoms with Gasteiger partial charge in [0.1, 0.15) is 5.75 Å². The number of carbonyl (C=O) groups excluding carboxylic acids is 1. The van der Waals surface area contributed by atoms with E-state index in [0.717, 1.165) is 36.9 Å². The molecule has 9 heteroatoms. The predicted molar refractivity (Wildman–Crippen MR) is 132 cm³/mol. The fourth-order valence-electron chi connectivity index (χ4n) is 4.38. The molecule has 4 rings (SSSR count). The van der Waals surface area contributed by atoms with Crippen LogP contribution in [0.1, 0.15) is 31.7 Å². The van der Waals surface area contributed by atoms with E-state index in [4.69, 9.17) is 9.47 Å².